The van der Waals surface area contributed by atoms with Gasteiger partial charge in [-0.1, -0.05) is 31.7 Å². The van der Waals surface area contributed by atoms with Crippen molar-refractivity contribution in [3.63, 3.8) is 0 Å². The van der Waals surface area contributed by atoms with Crippen LogP contribution in [0.2, 0.25) is 0 Å². The van der Waals surface area contributed by atoms with Crippen LogP contribution in [0.25, 0.3) is 0 Å². The Bertz CT molecular complexity index is 338. The van der Waals surface area contributed by atoms with Gasteiger partial charge in [-0.05, 0) is 23.8 Å². The highest BCUT2D eigenvalue weighted by atomic mass is 16.5. The van der Waals surface area contributed by atoms with Crippen molar-refractivity contribution in [3.05, 3.63) is 54.3 Å². The first-order chi connectivity index (χ1) is 7.30. The van der Waals surface area contributed by atoms with Gasteiger partial charge >= 0.3 is 0 Å². The number of benzene rings is 1. The Labute approximate surface area is 91.1 Å². The van der Waals surface area contributed by atoms with E-state index in [2.05, 4.69) is 6.58 Å². The molecule has 0 aliphatic carbocycles. The van der Waals surface area contributed by atoms with E-state index in [1.165, 1.54) is 0 Å². The van der Waals surface area contributed by atoms with Crippen LogP contribution in [-0.4, -0.2) is 0 Å². The molecule has 0 aliphatic heterocycles. The van der Waals surface area contributed by atoms with E-state index in [1.54, 1.807) is 6.08 Å². The van der Waals surface area contributed by atoms with Crippen molar-refractivity contribution in [3.8, 4) is 5.75 Å². The first-order valence-electron chi connectivity index (χ1n) is 5.08. The maximum Gasteiger partial charge on any atom is 0.126 e. The number of hydrogen-bond donors (Lipinski definition) is 1. The van der Waals surface area contributed by atoms with E-state index in [0.29, 0.717) is 6.54 Å². The van der Waals surface area contributed by atoms with Crippen molar-refractivity contribution >= 4 is 0 Å². The summed E-state index contributed by atoms with van der Waals surface area (Å²) in [5.74, 6) is 1.74. The summed E-state index contributed by atoms with van der Waals surface area (Å²) in [5.41, 5.74) is 6.61. The van der Waals surface area contributed by atoms with Crippen molar-refractivity contribution in [2.24, 2.45) is 5.73 Å². The monoisotopic (exact) mass is 203 g/mol. The second-order valence-electron chi connectivity index (χ2n) is 3.17. The highest BCUT2D eigenvalue weighted by Gasteiger charge is 1.97. The highest BCUT2D eigenvalue weighted by molar-refractivity contribution is 5.28. The minimum absolute atomic E-state index is 0.559. The predicted octanol–water partition coefficient (Wildman–Crippen LogP) is 3.00. The fraction of sp³-hybridized carbons (Fsp3) is 0.231. The molecule has 0 radical (unpaired) electrons. The van der Waals surface area contributed by atoms with E-state index in [0.717, 1.165) is 23.5 Å². The van der Waals surface area contributed by atoms with Crippen LogP contribution in [-0.2, 0) is 6.54 Å². The Balaban J connectivity index is 2.71. The lowest BCUT2D eigenvalue weighted by atomic mass is 10.2. The summed E-state index contributed by atoms with van der Waals surface area (Å²) in [5, 5.41) is 0. The predicted molar refractivity (Wildman–Crippen MR) is 63.5 cm³/mol. The highest BCUT2D eigenvalue weighted by Crippen LogP contribution is 2.16. The molecule has 0 bridgehead atoms. The normalized spacial score (nSPS) is 11.2. The minimum Gasteiger partial charge on any atom is -0.462 e. The topological polar surface area (TPSA) is 35.2 Å². The standard InChI is InChI=1S/C13H17NO/c1-3-5-12(4-2)15-13-8-6-11(10-14)7-9-13/h3,5-9H,1,4,10,14H2,2H3/b12-5+. The maximum absolute atomic E-state index is 5.65. The van der Waals surface area contributed by atoms with E-state index in [-0.39, 0.29) is 0 Å². The zero-order valence-electron chi connectivity index (χ0n) is 9.07. The van der Waals surface area contributed by atoms with Crippen molar-refractivity contribution in [2.75, 3.05) is 0 Å². The lowest BCUT2D eigenvalue weighted by Gasteiger charge is -2.07. The minimum atomic E-state index is 0.559. The van der Waals surface area contributed by atoms with Crippen LogP contribution in [0.1, 0.15) is 18.9 Å². The van der Waals surface area contributed by atoms with Crippen LogP contribution in [0, 0.1) is 0 Å². The summed E-state index contributed by atoms with van der Waals surface area (Å²) < 4.78 is 5.65. The molecule has 0 heterocycles. The molecule has 0 spiro atoms. The molecule has 0 fully saturated rings. The van der Waals surface area contributed by atoms with Gasteiger partial charge in [-0.3, -0.25) is 0 Å². The average molecular weight is 203 g/mol. The van der Waals surface area contributed by atoms with Gasteiger partial charge in [-0.2, -0.15) is 0 Å². The smallest absolute Gasteiger partial charge is 0.126 e. The van der Waals surface area contributed by atoms with Crippen molar-refractivity contribution in [1.82, 2.24) is 0 Å². The summed E-state index contributed by atoms with van der Waals surface area (Å²) in [6.07, 6.45) is 4.45. The molecule has 1 aromatic carbocycles. The molecule has 2 N–H and O–H groups in total. The Morgan fingerprint density at radius 2 is 2.07 bits per heavy atom. The summed E-state index contributed by atoms with van der Waals surface area (Å²) in [4.78, 5) is 0. The molecule has 15 heavy (non-hydrogen) atoms. The van der Waals surface area contributed by atoms with E-state index in [4.69, 9.17) is 10.5 Å². The molecule has 0 aliphatic rings. The molecule has 0 amide bonds. The van der Waals surface area contributed by atoms with Crippen molar-refractivity contribution in [2.45, 2.75) is 19.9 Å². The Hall–Kier alpha value is -1.54. The summed E-state index contributed by atoms with van der Waals surface area (Å²) in [7, 11) is 0. The molecule has 2 heteroatoms. The first kappa shape index (κ1) is 11.5. The van der Waals surface area contributed by atoms with Crippen molar-refractivity contribution < 1.29 is 4.74 Å². The van der Waals surface area contributed by atoms with Gasteiger partial charge in [-0.25, -0.2) is 0 Å². The third kappa shape index (κ3) is 3.60. The first-order valence-corrected chi connectivity index (χ1v) is 5.08. The third-order valence-corrected chi connectivity index (χ3v) is 2.06. The molecule has 0 atom stereocenters. The van der Waals surface area contributed by atoms with Gasteiger partial charge < -0.3 is 10.5 Å². The second-order valence-corrected chi connectivity index (χ2v) is 3.17. The van der Waals surface area contributed by atoms with Gasteiger partial charge in [0.25, 0.3) is 0 Å². The fourth-order valence-electron chi connectivity index (χ4n) is 1.20. The molecular weight excluding hydrogens is 186 g/mol. The number of nitrogens with two attached hydrogens (primary N) is 1. The van der Waals surface area contributed by atoms with Crippen LogP contribution in [0.5, 0.6) is 5.75 Å². The molecule has 0 saturated carbocycles. The molecule has 0 saturated heterocycles. The molecule has 1 aromatic rings. The molecule has 0 unspecified atom stereocenters. The van der Waals surface area contributed by atoms with E-state index in [1.807, 2.05) is 37.3 Å². The zero-order valence-corrected chi connectivity index (χ0v) is 9.07. The van der Waals surface area contributed by atoms with Crippen LogP contribution in [0.15, 0.2) is 48.8 Å². The average Bonchev–Trinajstić information content (AvgIpc) is 2.29. The summed E-state index contributed by atoms with van der Waals surface area (Å²) >= 11 is 0. The molecule has 80 valence electrons. The van der Waals surface area contributed by atoms with Crippen LogP contribution in [0.3, 0.4) is 0 Å². The zero-order chi connectivity index (χ0) is 11.1. The fourth-order valence-corrected chi connectivity index (χ4v) is 1.20. The van der Waals surface area contributed by atoms with Gasteiger partial charge in [0, 0.05) is 13.0 Å². The van der Waals surface area contributed by atoms with Gasteiger partial charge in [-0.15, -0.1) is 0 Å². The Morgan fingerprint density at radius 3 is 2.53 bits per heavy atom. The number of allylic oxidation sites excluding steroid dienone is 3. The largest absolute Gasteiger partial charge is 0.462 e. The summed E-state index contributed by atoms with van der Waals surface area (Å²) in [6, 6.07) is 7.79. The molecule has 0 aromatic heterocycles. The third-order valence-electron chi connectivity index (χ3n) is 2.06. The Kier molecular flexibility index (Phi) is 4.64. The van der Waals surface area contributed by atoms with Crippen molar-refractivity contribution in [1.29, 1.82) is 0 Å². The number of rotatable bonds is 5. The Morgan fingerprint density at radius 1 is 1.40 bits per heavy atom. The van der Waals surface area contributed by atoms with E-state index in [9.17, 15) is 0 Å². The van der Waals surface area contributed by atoms with Gasteiger partial charge in [0.1, 0.15) is 11.5 Å². The van der Waals surface area contributed by atoms with E-state index < -0.39 is 0 Å². The van der Waals surface area contributed by atoms with Gasteiger partial charge in [0.15, 0.2) is 0 Å². The molecule has 2 nitrogen and oxygen atoms in total. The maximum atomic E-state index is 5.65. The quantitative estimate of drug-likeness (QED) is 0.589. The SMILES string of the molecule is C=C/C=C(\CC)Oc1ccc(CN)cc1. The van der Waals surface area contributed by atoms with E-state index >= 15 is 0 Å². The lowest BCUT2D eigenvalue weighted by Crippen LogP contribution is -1.97. The van der Waals surface area contributed by atoms with Gasteiger partial charge in [0.05, 0.1) is 0 Å². The van der Waals surface area contributed by atoms with Gasteiger partial charge in [0.2, 0.25) is 0 Å². The summed E-state index contributed by atoms with van der Waals surface area (Å²) in [6.45, 7) is 6.25. The number of ether oxygens (including phenoxy) is 1. The molecule has 1 rings (SSSR count). The number of hydrogen-bond acceptors (Lipinski definition) is 2. The van der Waals surface area contributed by atoms with Crippen LogP contribution >= 0.6 is 0 Å². The lowest BCUT2D eigenvalue weighted by molar-refractivity contribution is 0.409. The van der Waals surface area contributed by atoms with Crippen LogP contribution < -0.4 is 10.5 Å². The van der Waals surface area contributed by atoms with Crippen LogP contribution in [0.4, 0.5) is 0 Å². The second kappa shape index (κ2) is 6.04. The molecular formula is C13H17NO.